The zero-order valence-corrected chi connectivity index (χ0v) is 16.0. The van der Waals surface area contributed by atoms with Gasteiger partial charge in [-0.15, -0.1) is 0 Å². The molecule has 0 aliphatic carbocycles. The Hall–Kier alpha value is -2.48. The highest BCUT2D eigenvalue weighted by atomic mass is 32.2. The molecule has 0 bridgehead atoms. The summed E-state index contributed by atoms with van der Waals surface area (Å²) in [5.41, 5.74) is -1.95. The van der Waals surface area contributed by atoms with Crippen molar-refractivity contribution in [3.05, 3.63) is 39.0 Å². The van der Waals surface area contributed by atoms with Gasteiger partial charge in [-0.1, -0.05) is 0 Å². The Kier molecular flexibility index (Phi) is 4.71. The summed E-state index contributed by atoms with van der Waals surface area (Å²) in [6, 6.07) is 5.96. The Labute approximate surface area is 155 Å². The monoisotopic (exact) mass is 392 g/mol. The number of fused-ring (bicyclic) bond motifs is 1. The fourth-order valence-electron chi connectivity index (χ4n) is 3.13. The molecule has 2 aromatic rings. The zero-order chi connectivity index (χ0) is 20.0. The highest BCUT2D eigenvalue weighted by Crippen LogP contribution is 2.27. The molecule has 10 heteroatoms. The Bertz CT molecular complexity index is 1170. The summed E-state index contributed by atoms with van der Waals surface area (Å²) in [4.78, 5) is 24.9. The Morgan fingerprint density at radius 2 is 1.96 bits per heavy atom. The van der Waals surface area contributed by atoms with Gasteiger partial charge in [0.1, 0.15) is 0 Å². The maximum Gasteiger partial charge on any atom is 0.331 e. The molecule has 27 heavy (non-hydrogen) atoms. The number of ether oxygens (including phenoxy) is 1. The van der Waals surface area contributed by atoms with Gasteiger partial charge in [0.05, 0.1) is 34.6 Å². The van der Waals surface area contributed by atoms with Crippen molar-refractivity contribution in [3.63, 3.8) is 0 Å². The van der Waals surface area contributed by atoms with E-state index < -0.39 is 32.9 Å². The van der Waals surface area contributed by atoms with Gasteiger partial charge in [-0.05, 0) is 39.0 Å². The maximum atomic E-state index is 12.8. The third kappa shape index (κ3) is 2.88. The molecule has 1 aliphatic heterocycles. The predicted molar refractivity (Wildman–Crippen MR) is 97.9 cm³/mol. The molecular formula is C17H20N4O5S. The molecular weight excluding hydrogens is 372 g/mol. The van der Waals surface area contributed by atoms with Gasteiger partial charge in [0, 0.05) is 13.1 Å². The molecule has 3 rings (SSSR count). The van der Waals surface area contributed by atoms with E-state index in [1.165, 1.54) is 22.8 Å². The number of nitrogens with zero attached hydrogens (tertiary/aromatic N) is 3. The second-order valence-corrected chi connectivity index (χ2v) is 8.08. The van der Waals surface area contributed by atoms with E-state index in [-0.39, 0.29) is 23.4 Å². The fraction of sp³-hybridized carbons (Fsp3) is 0.471. The van der Waals surface area contributed by atoms with E-state index in [0.29, 0.717) is 12.1 Å². The van der Waals surface area contributed by atoms with Crippen molar-refractivity contribution in [2.75, 3.05) is 6.61 Å². The lowest BCUT2D eigenvalue weighted by atomic mass is 9.92. The molecule has 1 aromatic carbocycles. The van der Waals surface area contributed by atoms with Crippen LogP contribution in [-0.2, 0) is 27.8 Å². The van der Waals surface area contributed by atoms with Crippen molar-refractivity contribution in [2.24, 2.45) is 0 Å². The number of sulfonamides is 1. The third-order valence-electron chi connectivity index (χ3n) is 4.91. The zero-order valence-electron chi connectivity index (χ0n) is 15.2. The highest BCUT2D eigenvalue weighted by molar-refractivity contribution is 7.89. The molecule has 1 aliphatic rings. The van der Waals surface area contributed by atoms with Gasteiger partial charge in [0.15, 0.2) is 5.54 Å². The van der Waals surface area contributed by atoms with Gasteiger partial charge < -0.3 is 4.74 Å². The third-order valence-corrected chi connectivity index (χ3v) is 6.42. The van der Waals surface area contributed by atoms with Crippen LogP contribution in [0.3, 0.4) is 0 Å². The van der Waals surface area contributed by atoms with Crippen LogP contribution in [0.4, 0.5) is 0 Å². The fourth-order valence-corrected chi connectivity index (χ4v) is 4.52. The van der Waals surface area contributed by atoms with Crippen LogP contribution < -0.4 is 16.0 Å². The molecule has 1 fully saturated rings. The first-order valence-electron chi connectivity index (χ1n) is 8.55. The Morgan fingerprint density at radius 3 is 2.44 bits per heavy atom. The second kappa shape index (κ2) is 6.60. The van der Waals surface area contributed by atoms with Crippen molar-refractivity contribution in [1.82, 2.24) is 13.9 Å². The van der Waals surface area contributed by atoms with Crippen molar-refractivity contribution >= 4 is 20.9 Å². The number of aryl methyl sites for hydroxylation is 1. The van der Waals surface area contributed by atoms with Crippen LogP contribution in [0.1, 0.15) is 20.8 Å². The first kappa shape index (κ1) is 19.3. The van der Waals surface area contributed by atoms with Crippen LogP contribution in [0.25, 0.3) is 10.9 Å². The molecule has 0 spiro atoms. The van der Waals surface area contributed by atoms with E-state index in [0.717, 1.165) is 4.57 Å². The number of aromatic nitrogens is 2. The topological polar surface area (TPSA) is 123 Å². The molecule has 1 N–H and O–H groups in total. The molecule has 9 nitrogen and oxygen atoms in total. The molecule has 144 valence electrons. The number of rotatable bonds is 5. The molecule has 0 saturated carbocycles. The first-order chi connectivity index (χ1) is 12.7. The van der Waals surface area contributed by atoms with Gasteiger partial charge in [-0.3, -0.25) is 13.9 Å². The van der Waals surface area contributed by atoms with Crippen LogP contribution in [0, 0.1) is 11.3 Å². The predicted octanol–water partition coefficient (Wildman–Crippen LogP) is 0.162. The molecule has 1 aromatic heterocycles. The van der Waals surface area contributed by atoms with E-state index in [4.69, 9.17) is 4.74 Å². The normalized spacial score (nSPS) is 22.4. The minimum atomic E-state index is -4.07. The number of hydrogen-bond acceptors (Lipinski definition) is 6. The number of benzene rings is 1. The van der Waals surface area contributed by atoms with Gasteiger partial charge in [0.2, 0.25) is 10.0 Å². The van der Waals surface area contributed by atoms with Gasteiger partial charge in [-0.25, -0.2) is 13.2 Å². The van der Waals surface area contributed by atoms with E-state index in [1.54, 1.807) is 20.8 Å². The summed E-state index contributed by atoms with van der Waals surface area (Å²) in [6.07, 6.45) is -0.583. The average molecular weight is 392 g/mol. The Balaban J connectivity index is 2.19. The number of nitriles is 1. The summed E-state index contributed by atoms with van der Waals surface area (Å²) < 4.78 is 35.6. The summed E-state index contributed by atoms with van der Waals surface area (Å²) in [6.45, 7) is 5.52. The minimum Gasteiger partial charge on any atom is -0.372 e. The molecule has 2 atom stereocenters. The van der Waals surface area contributed by atoms with Crippen LogP contribution in [0.2, 0.25) is 0 Å². The molecule has 0 radical (unpaired) electrons. The van der Waals surface area contributed by atoms with Gasteiger partial charge in [0.25, 0.3) is 5.56 Å². The summed E-state index contributed by atoms with van der Waals surface area (Å²) in [7, 11) is -4.07. The molecule has 0 unspecified atom stereocenters. The van der Waals surface area contributed by atoms with E-state index in [1.807, 2.05) is 6.07 Å². The lowest BCUT2D eigenvalue weighted by molar-refractivity contribution is -0.102. The lowest BCUT2D eigenvalue weighted by Crippen LogP contribution is -2.66. The molecule has 2 heterocycles. The largest absolute Gasteiger partial charge is 0.372 e. The van der Waals surface area contributed by atoms with Crippen LogP contribution in [0.15, 0.2) is 32.7 Å². The van der Waals surface area contributed by atoms with Gasteiger partial charge in [-0.2, -0.15) is 9.98 Å². The lowest BCUT2D eigenvalue weighted by Gasteiger charge is -2.41. The van der Waals surface area contributed by atoms with E-state index in [2.05, 4.69) is 4.72 Å². The minimum absolute atomic E-state index is 0.0461. The standard InChI is InChI=1S/C17H20N4O5S/c1-4-20-14-7-6-12(8-13(14)15(22)21(5-2)16(20)23)27(24,25)19-17(9-18)10-26-11(17)3/h6-8,11,19H,4-5,10H2,1-3H3/t11-,17-/m1/s1. The van der Waals surface area contributed by atoms with Crippen LogP contribution in [0.5, 0.6) is 0 Å². The smallest absolute Gasteiger partial charge is 0.331 e. The summed E-state index contributed by atoms with van der Waals surface area (Å²) >= 11 is 0. The van der Waals surface area contributed by atoms with Crippen molar-refractivity contribution < 1.29 is 13.2 Å². The highest BCUT2D eigenvalue weighted by Gasteiger charge is 2.49. The van der Waals surface area contributed by atoms with Crippen molar-refractivity contribution in [3.8, 4) is 6.07 Å². The SMILES string of the molecule is CCn1c(=O)c2cc(S(=O)(=O)N[C@]3(C#N)CO[C@@H]3C)ccc2n(CC)c1=O. The number of nitrogens with one attached hydrogen (secondary N) is 1. The molecule has 0 amide bonds. The first-order valence-corrected chi connectivity index (χ1v) is 10.0. The van der Waals surface area contributed by atoms with Crippen LogP contribution >= 0.6 is 0 Å². The van der Waals surface area contributed by atoms with Crippen molar-refractivity contribution in [1.29, 1.82) is 5.26 Å². The summed E-state index contributed by atoms with van der Waals surface area (Å²) in [5.74, 6) is 0. The van der Waals surface area contributed by atoms with E-state index in [9.17, 15) is 23.3 Å². The summed E-state index contributed by atoms with van der Waals surface area (Å²) in [5, 5.41) is 9.48. The van der Waals surface area contributed by atoms with Crippen molar-refractivity contribution in [2.45, 2.75) is 50.4 Å². The molecule has 1 saturated heterocycles. The van der Waals surface area contributed by atoms with Crippen LogP contribution in [-0.4, -0.2) is 35.8 Å². The van der Waals surface area contributed by atoms with Gasteiger partial charge >= 0.3 is 5.69 Å². The maximum absolute atomic E-state index is 12.8. The number of hydrogen-bond donors (Lipinski definition) is 1. The quantitative estimate of drug-likeness (QED) is 0.773. The second-order valence-electron chi connectivity index (χ2n) is 6.40. The average Bonchev–Trinajstić information content (AvgIpc) is 2.65. The van der Waals surface area contributed by atoms with E-state index >= 15 is 0 Å². The Morgan fingerprint density at radius 1 is 1.30 bits per heavy atom.